The maximum Gasteiger partial charge on any atom is 0.338 e. The maximum absolute atomic E-state index is 13.7. The number of hydrogen-bond acceptors (Lipinski definition) is 8. The number of benzene rings is 2. The predicted molar refractivity (Wildman–Crippen MR) is 134 cm³/mol. The molecule has 8 nitrogen and oxygen atoms in total. The van der Waals surface area contributed by atoms with E-state index in [1.807, 2.05) is 0 Å². The first kappa shape index (κ1) is 24.6. The summed E-state index contributed by atoms with van der Waals surface area (Å²) in [6, 6.07) is 11.5. The van der Waals surface area contributed by atoms with Gasteiger partial charge in [0.05, 0.1) is 36.1 Å². The summed E-state index contributed by atoms with van der Waals surface area (Å²) in [7, 11) is 2.86. The molecule has 0 bridgehead atoms. The Balaban J connectivity index is 1.96. The second kappa shape index (κ2) is 10.0. The van der Waals surface area contributed by atoms with Crippen LogP contribution in [0.1, 0.15) is 31.0 Å². The Morgan fingerprint density at radius 3 is 2.49 bits per heavy atom. The minimum Gasteiger partial charge on any atom is -0.497 e. The highest BCUT2D eigenvalue weighted by atomic mass is 79.9. The maximum atomic E-state index is 13.7. The molecule has 2 heterocycles. The van der Waals surface area contributed by atoms with Gasteiger partial charge in [-0.15, -0.1) is 0 Å². The molecule has 4 rings (SSSR count). The van der Waals surface area contributed by atoms with E-state index in [0.29, 0.717) is 37.7 Å². The summed E-state index contributed by atoms with van der Waals surface area (Å²) in [6.07, 6.45) is 1.65. The third-order valence-corrected chi connectivity index (χ3v) is 6.85. The van der Waals surface area contributed by atoms with Gasteiger partial charge in [-0.3, -0.25) is 14.2 Å². The number of halogens is 1. The molecule has 0 radical (unpaired) electrons. The van der Waals surface area contributed by atoms with Gasteiger partial charge >= 0.3 is 11.9 Å². The normalized spacial score (nSPS) is 15.3. The molecule has 0 N–H and O–H groups in total. The van der Waals surface area contributed by atoms with Crippen molar-refractivity contribution in [1.82, 2.24) is 4.57 Å². The summed E-state index contributed by atoms with van der Waals surface area (Å²) >= 11 is 4.60. The van der Waals surface area contributed by atoms with E-state index in [1.165, 1.54) is 29.9 Å². The standard InChI is InChI=1S/C25H21BrN2O6S/c1-13-21(24(31)33-4)22(15-5-8-18(32-3)9-6-15)28-23(30)20(35-25(28)27-13)12-16-11-17(26)7-10-19(16)34-14(2)29/h5-12,22H,1-4H3. The fourth-order valence-electron chi connectivity index (χ4n) is 3.82. The summed E-state index contributed by atoms with van der Waals surface area (Å²) in [6.45, 7) is 3.03. The van der Waals surface area contributed by atoms with Gasteiger partial charge in [-0.2, -0.15) is 0 Å². The zero-order valence-electron chi connectivity index (χ0n) is 19.3. The first-order chi connectivity index (χ1) is 16.7. The highest BCUT2D eigenvalue weighted by Crippen LogP contribution is 2.31. The van der Waals surface area contributed by atoms with Crippen molar-refractivity contribution in [2.75, 3.05) is 14.2 Å². The van der Waals surface area contributed by atoms with E-state index < -0.39 is 18.0 Å². The number of ether oxygens (including phenoxy) is 3. The number of allylic oxidation sites excluding steroid dienone is 1. The summed E-state index contributed by atoms with van der Waals surface area (Å²) in [5.41, 5.74) is 1.66. The van der Waals surface area contributed by atoms with Crippen LogP contribution in [0.3, 0.4) is 0 Å². The average molecular weight is 557 g/mol. The lowest BCUT2D eigenvalue weighted by Crippen LogP contribution is -2.39. The molecular formula is C25H21BrN2O6S. The van der Waals surface area contributed by atoms with E-state index >= 15 is 0 Å². The zero-order chi connectivity index (χ0) is 25.3. The third-order valence-electron chi connectivity index (χ3n) is 5.37. The van der Waals surface area contributed by atoms with Crippen LogP contribution in [0.15, 0.2) is 68.0 Å². The number of thiazole rings is 1. The Kier molecular flexibility index (Phi) is 7.04. The minimum atomic E-state index is -0.734. The Bertz CT molecular complexity index is 1540. The SMILES string of the molecule is COC(=O)C1=C(C)N=c2sc(=Cc3cc(Br)ccc3OC(C)=O)c(=O)n2C1c1ccc(OC)cc1. The number of aromatic nitrogens is 1. The molecule has 2 aromatic carbocycles. The number of methoxy groups -OCH3 is 2. The average Bonchev–Trinajstić information content (AvgIpc) is 3.13. The monoisotopic (exact) mass is 556 g/mol. The van der Waals surface area contributed by atoms with Crippen molar-refractivity contribution in [1.29, 1.82) is 0 Å². The van der Waals surface area contributed by atoms with Crippen LogP contribution in [-0.2, 0) is 14.3 Å². The van der Waals surface area contributed by atoms with Crippen LogP contribution in [0.25, 0.3) is 6.08 Å². The van der Waals surface area contributed by atoms with E-state index in [2.05, 4.69) is 20.9 Å². The van der Waals surface area contributed by atoms with Crippen LogP contribution in [0.2, 0.25) is 0 Å². The van der Waals surface area contributed by atoms with Gasteiger partial charge in [0.15, 0.2) is 4.80 Å². The van der Waals surface area contributed by atoms with Gasteiger partial charge in [0, 0.05) is 17.0 Å². The number of fused-ring (bicyclic) bond motifs is 1. The van der Waals surface area contributed by atoms with Gasteiger partial charge in [0.25, 0.3) is 5.56 Å². The van der Waals surface area contributed by atoms with Crippen LogP contribution in [0.4, 0.5) is 0 Å². The van der Waals surface area contributed by atoms with E-state index in [-0.39, 0.29) is 11.1 Å². The molecule has 1 unspecified atom stereocenters. The van der Waals surface area contributed by atoms with Gasteiger partial charge in [0.1, 0.15) is 11.5 Å². The van der Waals surface area contributed by atoms with E-state index in [0.717, 1.165) is 4.47 Å². The molecule has 10 heteroatoms. The lowest BCUT2D eigenvalue weighted by atomic mass is 9.96. The second-order valence-corrected chi connectivity index (χ2v) is 9.55. The third kappa shape index (κ3) is 4.85. The molecule has 0 spiro atoms. The molecule has 1 aromatic heterocycles. The quantitative estimate of drug-likeness (QED) is 0.354. The van der Waals surface area contributed by atoms with Crippen molar-refractivity contribution < 1.29 is 23.8 Å². The number of rotatable bonds is 5. The van der Waals surface area contributed by atoms with Crippen molar-refractivity contribution in [3.05, 3.63) is 89.0 Å². The van der Waals surface area contributed by atoms with Gasteiger partial charge in [-0.05, 0) is 48.9 Å². The molecular weight excluding hydrogens is 536 g/mol. The van der Waals surface area contributed by atoms with Gasteiger partial charge in [0.2, 0.25) is 0 Å². The molecule has 0 saturated carbocycles. The molecule has 35 heavy (non-hydrogen) atoms. The molecule has 0 amide bonds. The van der Waals surface area contributed by atoms with Crippen LogP contribution >= 0.6 is 27.3 Å². The highest BCUT2D eigenvalue weighted by Gasteiger charge is 2.33. The molecule has 0 fully saturated rings. The van der Waals surface area contributed by atoms with Crippen molar-refractivity contribution in [2.24, 2.45) is 4.99 Å². The van der Waals surface area contributed by atoms with Crippen LogP contribution in [0.5, 0.6) is 11.5 Å². The Morgan fingerprint density at radius 2 is 1.86 bits per heavy atom. The van der Waals surface area contributed by atoms with E-state index in [1.54, 1.807) is 62.6 Å². The molecule has 0 aliphatic carbocycles. The van der Waals surface area contributed by atoms with Gasteiger partial charge in [-0.1, -0.05) is 39.4 Å². The highest BCUT2D eigenvalue weighted by molar-refractivity contribution is 9.10. The zero-order valence-corrected chi connectivity index (χ0v) is 21.7. The van der Waals surface area contributed by atoms with Crippen molar-refractivity contribution in [3.63, 3.8) is 0 Å². The van der Waals surface area contributed by atoms with Crippen LogP contribution in [0, 0.1) is 0 Å². The molecule has 3 aromatic rings. The topological polar surface area (TPSA) is 96.2 Å². The lowest BCUT2D eigenvalue weighted by Gasteiger charge is -2.24. The van der Waals surface area contributed by atoms with Crippen molar-refractivity contribution in [3.8, 4) is 11.5 Å². The largest absolute Gasteiger partial charge is 0.497 e. The Labute approximate surface area is 212 Å². The van der Waals surface area contributed by atoms with E-state index in [4.69, 9.17) is 14.2 Å². The number of esters is 2. The van der Waals surface area contributed by atoms with E-state index in [9.17, 15) is 14.4 Å². The summed E-state index contributed by atoms with van der Waals surface area (Å²) in [4.78, 5) is 43.0. The minimum absolute atomic E-state index is 0.277. The molecule has 1 aliphatic rings. The van der Waals surface area contributed by atoms with Crippen LogP contribution < -0.4 is 24.4 Å². The van der Waals surface area contributed by atoms with Gasteiger partial charge in [-0.25, -0.2) is 9.79 Å². The van der Waals surface area contributed by atoms with Gasteiger partial charge < -0.3 is 14.2 Å². The molecule has 0 saturated heterocycles. The molecule has 1 atom stereocenters. The fraction of sp³-hybridized carbons (Fsp3) is 0.200. The first-order valence-electron chi connectivity index (χ1n) is 10.5. The first-order valence-corrected chi connectivity index (χ1v) is 12.1. The Morgan fingerprint density at radius 1 is 1.14 bits per heavy atom. The summed E-state index contributed by atoms with van der Waals surface area (Å²) in [5.74, 6) is -0.0643. The molecule has 180 valence electrons. The number of carbonyl (C=O) groups is 2. The summed E-state index contributed by atoms with van der Waals surface area (Å²) < 4.78 is 18.2. The number of hydrogen-bond donors (Lipinski definition) is 0. The van der Waals surface area contributed by atoms with Crippen molar-refractivity contribution in [2.45, 2.75) is 19.9 Å². The number of nitrogens with zero attached hydrogens (tertiary/aromatic N) is 2. The Hall–Kier alpha value is -3.50. The lowest BCUT2D eigenvalue weighted by molar-refractivity contribution is -0.136. The predicted octanol–water partition coefficient (Wildman–Crippen LogP) is 3.10. The van der Waals surface area contributed by atoms with Crippen LogP contribution in [-0.4, -0.2) is 30.7 Å². The fourth-order valence-corrected chi connectivity index (χ4v) is 5.23. The van der Waals surface area contributed by atoms with Crippen molar-refractivity contribution >= 4 is 45.3 Å². The second-order valence-electron chi connectivity index (χ2n) is 7.62. The molecule has 1 aliphatic heterocycles. The summed E-state index contributed by atoms with van der Waals surface area (Å²) in [5, 5.41) is 0. The smallest absolute Gasteiger partial charge is 0.338 e. The number of carbonyl (C=O) groups excluding carboxylic acids is 2.